The molecule has 2 N–H and O–H groups in total. The van der Waals surface area contributed by atoms with Gasteiger partial charge in [0.05, 0.1) is 0 Å². The summed E-state index contributed by atoms with van der Waals surface area (Å²) in [6.45, 7) is -2.90. The summed E-state index contributed by atoms with van der Waals surface area (Å²) in [5, 5.41) is 0.303. The van der Waals surface area contributed by atoms with Gasteiger partial charge in [0.1, 0.15) is 11.6 Å². The maximum absolute atomic E-state index is 13.7. The molecule has 2 rings (SSSR count). The fraction of sp³-hybridized carbons (Fsp3) is 0.200. The quantitative estimate of drug-likeness (QED) is 0.891. The van der Waals surface area contributed by atoms with Gasteiger partial charge in [0.25, 0.3) is 0 Å². The zero-order valence-corrected chi connectivity index (χ0v) is 11.7. The van der Waals surface area contributed by atoms with E-state index in [2.05, 4.69) is 4.74 Å². The molecule has 0 spiro atoms. The van der Waals surface area contributed by atoms with Gasteiger partial charge in [-0.3, -0.25) is 0 Å². The Morgan fingerprint density at radius 1 is 1.14 bits per heavy atom. The second-order valence-corrected chi connectivity index (χ2v) is 4.93. The first kappa shape index (κ1) is 15.7. The van der Waals surface area contributed by atoms with E-state index < -0.39 is 18.5 Å². The standard InChI is InChI=1S/C15H13ClF3NO/c16-11-5-4-9(13(17)8-11)7-14(20)10-2-1-3-12(6-10)21-15(18)19/h1-6,8,14-15H,7,20H2. The lowest BCUT2D eigenvalue weighted by molar-refractivity contribution is -0.0498. The summed E-state index contributed by atoms with van der Waals surface area (Å²) in [5.74, 6) is -0.424. The maximum Gasteiger partial charge on any atom is 0.387 e. The average molecular weight is 316 g/mol. The Balaban J connectivity index is 2.14. The van der Waals surface area contributed by atoms with Crippen molar-refractivity contribution in [2.24, 2.45) is 5.73 Å². The Morgan fingerprint density at radius 3 is 2.57 bits per heavy atom. The molecule has 0 fully saturated rings. The van der Waals surface area contributed by atoms with Crippen LogP contribution in [0.15, 0.2) is 42.5 Å². The van der Waals surface area contributed by atoms with Crippen molar-refractivity contribution < 1.29 is 17.9 Å². The topological polar surface area (TPSA) is 35.2 Å². The van der Waals surface area contributed by atoms with Gasteiger partial charge in [-0.15, -0.1) is 0 Å². The normalized spacial score (nSPS) is 12.5. The summed E-state index contributed by atoms with van der Waals surface area (Å²) in [6.07, 6.45) is 0.223. The highest BCUT2D eigenvalue weighted by Crippen LogP contribution is 2.24. The predicted molar refractivity (Wildman–Crippen MR) is 75.1 cm³/mol. The molecule has 2 nitrogen and oxygen atoms in total. The van der Waals surface area contributed by atoms with Crippen LogP contribution in [0.5, 0.6) is 5.75 Å². The smallest absolute Gasteiger partial charge is 0.387 e. The largest absolute Gasteiger partial charge is 0.435 e. The van der Waals surface area contributed by atoms with Crippen LogP contribution in [0.2, 0.25) is 5.02 Å². The van der Waals surface area contributed by atoms with Gasteiger partial charge in [-0.25, -0.2) is 4.39 Å². The van der Waals surface area contributed by atoms with Crippen LogP contribution in [-0.2, 0) is 6.42 Å². The Labute approximate surface area is 125 Å². The number of rotatable bonds is 5. The number of nitrogens with two attached hydrogens (primary N) is 1. The lowest BCUT2D eigenvalue weighted by Crippen LogP contribution is -2.14. The van der Waals surface area contributed by atoms with E-state index in [4.69, 9.17) is 17.3 Å². The van der Waals surface area contributed by atoms with E-state index >= 15 is 0 Å². The van der Waals surface area contributed by atoms with Crippen LogP contribution in [0.3, 0.4) is 0 Å². The van der Waals surface area contributed by atoms with Crippen LogP contribution < -0.4 is 10.5 Å². The summed E-state index contributed by atoms with van der Waals surface area (Å²) in [6, 6.07) is 9.86. The summed E-state index contributed by atoms with van der Waals surface area (Å²) in [4.78, 5) is 0. The molecule has 6 heteroatoms. The predicted octanol–water partition coefficient (Wildman–Crippen LogP) is 4.32. The molecule has 0 heterocycles. The Morgan fingerprint density at radius 2 is 1.90 bits per heavy atom. The van der Waals surface area contributed by atoms with E-state index in [0.717, 1.165) is 0 Å². The molecule has 0 radical (unpaired) electrons. The second-order valence-electron chi connectivity index (χ2n) is 4.50. The van der Waals surface area contributed by atoms with Crippen LogP contribution >= 0.6 is 11.6 Å². The van der Waals surface area contributed by atoms with E-state index in [1.54, 1.807) is 24.3 Å². The molecule has 0 aliphatic rings. The van der Waals surface area contributed by atoms with Crippen LogP contribution in [0.4, 0.5) is 13.2 Å². The second kappa shape index (κ2) is 6.83. The minimum absolute atomic E-state index is 0.0227. The molecule has 1 unspecified atom stereocenters. The minimum Gasteiger partial charge on any atom is -0.435 e. The maximum atomic E-state index is 13.7. The van der Waals surface area contributed by atoms with E-state index in [-0.39, 0.29) is 12.2 Å². The van der Waals surface area contributed by atoms with Gasteiger partial charge >= 0.3 is 6.61 Å². The highest BCUT2D eigenvalue weighted by atomic mass is 35.5. The Kier molecular flexibility index (Phi) is 5.09. The zero-order valence-electron chi connectivity index (χ0n) is 10.9. The third-order valence-electron chi connectivity index (χ3n) is 2.97. The summed E-state index contributed by atoms with van der Waals surface area (Å²) in [5.41, 5.74) is 6.99. The van der Waals surface area contributed by atoms with Crippen molar-refractivity contribution in [2.45, 2.75) is 19.1 Å². The number of hydrogen-bond acceptors (Lipinski definition) is 2. The van der Waals surface area contributed by atoms with Crippen LogP contribution in [0.25, 0.3) is 0 Å². The summed E-state index contributed by atoms with van der Waals surface area (Å²) >= 11 is 5.68. The average Bonchev–Trinajstić information content (AvgIpc) is 2.41. The number of hydrogen-bond donors (Lipinski definition) is 1. The summed E-state index contributed by atoms with van der Waals surface area (Å²) < 4.78 is 42.4. The third kappa shape index (κ3) is 4.37. The number of halogens is 4. The van der Waals surface area contributed by atoms with Gasteiger partial charge in [0.2, 0.25) is 0 Å². The van der Waals surface area contributed by atoms with Crippen LogP contribution in [0.1, 0.15) is 17.2 Å². The van der Waals surface area contributed by atoms with Gasteiger partial charge in [-0.2, -0.15) is 8.78 Å². The minimum atomic E-state index is -2.90. The van der Waals surface area contributed by atoms with Crippen molar-refractivity contribution in [1.82, 2.24) is 0 Å². The van der Waals surface area contributed by atoms with Gasteiger partial charge in [0.15, 0.2) is 0 Å². The molecule has 112 valence electrons. The molecular weight excluding hydrogens is 303 g/mol. The van der Waals surface area contributed by atoms with Gasteiger partial charge < -0.3 is 10.5 Å². The Hall–Kier alpha value is -1.72. The Bertz CT molecular complexity index is 622. The van der Waals surface area contributed by atoms with E-state index in [1.807, 2.05) is 0 Å². The zero-order chi connectivity index (χ0) is 15.4. The molecule has 0 aromatic heterocycles. The molecule has 2 aromatic carbocycles. The molecule has 2 aromatic rings. The van der Waals surface area contributed by atoms with E-state index in [1.165, 1.54) is 18.2 Å². The molecule has 0 aliphatic heterocycles. The van der Waals surface area contributed by atoms with Crippen molar-refractivity contribution in [2.75, 3.05) is 0 Å². The lowest BCUT2D eigenvalue weighted by atomic mass is 9.99. The van der Waals surface area contributed by atoms with Crippen molar-refractivity contribution in [1.29, 1.82) is 0 Å². The molecular formula is C15H13ClF3NO. The lowest BCUT2D eigenvalue weighted by Gasteiger charge is -2.14. The molecule has 0 bridgehead atoms. The highest BCUT2D eigenvalue weighted by Gasteiger charge is 2.12. The first-order valence-corrected chi connectivity index (χ1v) is 6.58. The molecule has 1 atom stereocenters. The highest BCUT2D eigenvalue weighted by molar-refractivity contribution is 6.30. The van der Waals surface area contributed by atoms with Crippen molar-refractivity contribution in [3.8, 4) is 5.75 Å². The third-order valence-corrected chi connectivity index (χ3v) is 3.20. The number of ether oxygens (including phenoxy) is 1. The number of benzene rings is 2. The van der Waals surface area contributed by atoms with Gasteiger partial charge in [-0.1, -0.05) is 29.8 Å². The molecule has 0 saturated heterocycles. The fourth-order valence-corrected chi connectivity index (χ4v) is 2.12. The summed E-state index contributed by atoms with van der Waals surface area (Å²) in [7, 11) is 0. The first-order chi connectivity index (χ1) is 9.95. The SMILES string of the molecule is NC(Cc1ccc(Cl)cc1F)c1cccc(OC(F)F)c1. The van der Waals surface area contributed by atoms with E-state index in [0.29, 0.717) is 16.1 Å². The molecule has 0 saturated carbocycles. The monoisotopic (exact) mass is 315 g/mol. The van der Waals surface area contributed by atoms with Gasteiger partial charge in [-0.05, 0) is 41.8 Å². The van der Waals surface area contributed by atoms with Crippen molar-refractivity contribution >= 4 is 11.6 Å². The fourth-order valence-electron chi connectivity index (χ4n) is 1.96. The van der Waals surface area contributed by atoms with Crippen LogP contribution in [-0.4, -0.2) is 6.61 Å². The van der Waals surface area contributed by atoms with Crippen molar-refractivity contribution in [3.63, 3.8) is 0 Å². The van der Waals surface area contributed by atoms with Gasteiger partial charge in [0, 0.05) is 11.1 Å². The van der Waals surface area contributed by atoms with Crippen LogP contribution in [0, 0.1) is 5.82 Å². The van der Waals surface area contributed by atoms with E-state index in [9.17, 15) is 13.2 Å². The number of alkyl halides is 2. The molecule has 21 heavy (non-hydrogen) atoms. The first-order valence-electron chi connectivity index (χ1n) is 6.20. The molecule has 0 aliphatic carbocycles. The molecule has 0 amide bonds. The van der Waals surface area contributed by atoms with Crippen molar-refractivity contribution in [3.05, 3.63) is 64.4 Å².